The number of ether oxygens (including phenoxy) is 1. The first-order chi connectivity index (χ1) is 18.6. The number of hydrogen-bond acceptors (Lipinski definition) is 9. The van der Waals surface area contributed by atoms with Crippen LogP contribution in [0.1, 0.15) is 5.01 Å². The molecule has 238 valence electrons. The summed E-state index contributed by atoms with van der Waals surface area (Å²) in [5.41, 5.74) is 0. The minimum atomic E-state index is -5.08. The third-order valence-corrected chi connectivity index (χ3v) is 5.66. The lowest BCUT2D eigenvalue weighted by atomic mass is 10.1. The highest BCUT2D eigenvalue weighted by Gasteiger charge is 2.41. The minimum Gasteiger partial charge on any atom is -0.475 e. The first-order valence-electron chi connectivity index (χ1n) is 11.1. The summed E-state index contributed by atoms with van der Waals surface area (Å²) in [6, 6.07) is 0.559. The van der Waals surface area contributed by atoms with E-state index in [9.17, 15) is 39.5 Å². The molecule has 3 heterocycles. The summed E-state index contributed by atoms with van der Waals surface area (Å²) in [5.74, 6) is -8.27. The normalized spacial score (nSPS) is 19.5. The number of halogens is 9. The Kier molecular flexibility index (Phi) is 15.5. The molecule has 0 aliphatic carbocycles. The lowest BCUT2D eigenvalue weighted by molar-refractivity contribution is -0.193. The van der Waals surface area contributed by atoms with Gasteiger partial charge in [0.15, 0.2) is 0 Å². The molecule has 21 heteroatoms. The molecule has 0 unspecified atom stereocenters. The highest BCUT2D eigenvalue weighted by Crippen LogP contribution is 2.24. The van der Waals surface area contributed by atoms with Crippen molar-refractivity contribution in [3.63, 3.8) is 0 Å². The largest absolute Gasteiger partial charge is 0.490 e. The van der Waals surface area contributed by atoms with Crippen LogP contribution in [0.4, 0.5) is 39.5 Å². The Morgan fingerprint density at radius 2 is 1.41 bits per heavy atom. The minimum absolute atomic E-state index is 0.380. The molecule has 2 saturated heterocycles. The maximum atomic E-state index is 10.6. The van der Waals surface area contributed by atoms with Crippen LogP contribution in [0.25, 0.3) is 0 Å². The quantitative estimate of drug-likeness (QED) is 0.410. The summed E-state index contributed by atoms with van der Waals surface area (Å²) >= 11 is 1.74. The van der Waals surface area contributed by atoms with Crippen molar-refractivity contribution >= 4 is 29.2 Å². The summed E-state index contributed by atoms with van der Waals surface area (Å²) < 4.78 is 101. The Balaban J connectivity index is 0.000000631. The third-order valence-electron chi connectivity index (χ3n) is 4.90. The summed E-state index contributed by atoms with van der Waals surface area (Å²) in [6.07, 6.45) is -13.0. The van der Waals surface area contributed by atoms with Crippen molar-refractivity contribution in [2.24, 2.45) is 0 Å². The van der Waals surface area contributed by atoms with Gasteiger partial charge >= 0.3 is 36.4 Å². The van der Waals surface area contributed by atoms with E-state index in [-0.39, 0.29) is 0 Å². The Labute approximate surface area is 230 Å². The molecule has 0 spiro atoms. The van der Waals surface area contributed by atoms with Crippen LogP contribution in [0.15, 0.2) is 11.6 Å². The number of rotatable bonds is 5. The molecule has 0 amide bonds. The van der Waals surface area contributed by atoms with Crippen LogP contribution >= 0.6 is 11.3 Å². The smallest absolute Gasteiger partial charge is 0.475 e. The second-order valence-electron chi connectivity index (χ2n) is 8.34. The van der Waals surface area contributed by atoms with Crippen molar-refractivity contribution in [3.8, 4) is 0 Å². The van der Waals surface area contributed by atoms with E-state index in [4.69, 9.17) is 34.4 Å². The molecular formula is C20H27F9N4O7S. The number of hydrogen-bond donors (Lipinski definition) is 3. The first kappa shape index (κ1) is 38.2. The van der Waals surface area contributed by atoms with E-state index in [1.165, 1.54) is 5.01 Å². The number of likely N-dealkylation sites (tertiary alicyclic amines) is 1. The van der Waals surface area contributed by atoms with Crippen LogP contribution in [0, 0.1) is 0 Å². The first-order valence-corrected chi connectivity index (χ1v) is 11.9. The zero-order chi connectivity index (χ0) is 32.2. The van der Waals surface area contributed by atoms with E-state index >= 15 is 0 Å². The summed E-state index contributed by atoms with van der Waals surface area (Å²) in [7, 11) is 4.28. The second kappa shape index (κ2) is 16.6. The molecule has 2 fully saturated rings. The van der Waals surface area contributed by atoms with E-state index in [1.807, 2.05) is 6.20 Å². The van der Waals surface area contributed by atoms with Gasteiger partial charge in [0.25, 0.3) is 0 Å². The van der Waals surface area contributed by atoms with Gasteiger partial charge in [-0.3, -0.25) is 9.80 Å². The van der Waals surface area contributed by atoms with E-state index in [0.717, 1.165) is 45.9 Å². The highest BCUT2D eigenvalue weighted by atomic mass is 32.1. The molecule has 1 aromatic heterocycles. The number of carboxylic acids is 3. The van der Waals surface area contributed by atoms with Gasteiger partial charge < -0.3 is 25.0 Å². The molecule has 1 aromatic rings. The molecule has 2 atom stereocenters. The number of likely N-dealkylation sites (N-methyl/N-ethyl adjacent to an activating group) is 1. The van der Waals surface area contributed by atoms with E-state index in [0.29, 0.717) is 12.1 Å². The molecule has 2 aliphatic heterocycles. The average molecular weight is 639 g/mol. The predicted molar refractivity (Wildman–Crippen MR) is 122 cm³/mol. The lowest BCUT2D eigenvalue weighted by Gasteiger charge is -2.37. The van der Waals surface area contributed by atoms with Crippen LogP contribution < -0.4 is 0 Å². The van der Waals surface area contributed by atoms with Gasteiger partial charge in [0.2, 0.25) is 0 Å². The predicted octanol–water partition coefficient (Wildman–Crippen LogP) is 2.49. The van der Waals surface area contributed by atoms with Crippen molar-refractivity contribution in [1.82, 2.24) is 19.7 Å². The number of nitrogens with zero attached hydrogens (tertiary/aromatic N) is 4. The number of aromatic nitrogens is 1. The molecule has 3 N–H and O–H groups in total. The van der Waals surface area contributed by atoms with Gasteiger partial charge in [-0.2, -0.15) is 39.5 Å². The van der Waals surface area contributed by atoms with Crippen LogP contribution in [-0.4, -0.2) is 137 Å². The number of thiazole rings is 1. The molecule has 0 saturated carbocycles. The monoisotopic (exact) mass is 638 g/mol. The van der Waals surface area contributed by atoms with Crippen LogP contribution in [0.5, 0.6) is 0 Å². The van der Waals surface area contributed by atoms with E-state index < -0.39 is 36.4 Å². The Hall–Kier alpha value is -2.75. The van der Waals surface area contributed by atoms with E-state index in [1.54, 1.807) is 11.3 Å². The molecule has 41 heavy (non-hydrogen) atoms. The zero-order valence-electron chi connectivity index (χ0n) is 21.3. The van der Waals surface area contributed by atoms with Crippen molar-refractivity contribution in [2.75, 3.05) is 53.4 Å². The SMILES string of the molecule is CN(C)CCN1CCO[C@H]2CN(Cc3nccs3)C[C@H]21.O=C(O)C(F)(F)F.O=C(O)C(F)(F)F.O=C(O)C(F)(F)F. The summed E-state index contributed by atoms with van der Waals surface area (Å²) in [5, 5.41) is 24.6. The fourth-order valence-electron chi connectivity index (χ4n) is 3.09. The standard InChI is InChI=1S/C14H24N4OS.3C2HF3O2/c1-16(2)4-5-18-6-7-19-13-10-17(9-12(13)18)11-14-15-3-8-20-14;3*3-2(4,5)1(6)7/h3,8,12-13H,4-7,9-11H2,1-2H3;3*(H,6,7)/t12-,13+;;;/m1.../s1. The number of carboxylic acid groups (broad SMARTS) is 3. The molecule has 2 aliphatic rings. The molecular weight excluding hydrogens is 611 g/mol. The van der Waals surface area contributed by atoms with Crippen molar-refractivity contribution in [1.29, 1.82) is 0 Å². The lowest BCUT2D eigenvalue weighted by Crippen LogP contribution is -2.52. The Bertz CT molecular complexity index is 888. The molecule has 0 aromatic carbocycles. The van der Waals surface area contributed by atoms with Gasteiger partial charge in [0.05, 0.1) is 19.3 Å². The van der Waals surface area contributed by atoms with Gasteiger partial charge in [-0.15, -0.1) is 11.3 Å². The van der Waals surface area contributed by atoms with Gasteiger partial charge in [0, 0.05) is 50.3 Å². The third kappa shape index (κ3) is 16.3. The van der Waals surface area contributed by atoms with Crippen molar-refractivity contribution < 1.29 is 74.0 Å². The Morgan fingerprint density at radius 1 is 0.951 bits per heavy atom. The van der Waals surface area contributed by atoms with Gasteiger partial charge in [0.1, 0.15) is 5.01 Å². The average Bonchev–Trinajstić information content (AvgIpc) is 3.46. The van der Waals surface area contributed by atoms with E-state index in [2.05, 4.69) is 39.2 Å². The number of alkyl halides is 9. The van der Waals surface area contributed by atoms with Crippen molar-refractivity contribution in [2.45, 2.75) is 37.2 Å². The second-order valence-corrected chi connectivity index (χ2v) is 9.32. The number of aliphatic carboxylic acids is 3. The maximum absolute atomic E-state index is 10.6. The van der Waals surface area contributed by atoms with Crippen LogP contribution in [0.3, 0.4) is 0 Å². The fraction of sp³-hybridized carbons (Fsp3) is 0.700. The summed E-state index contributed by atoms with van der Waals surface area (Å²) in [6.45, 7) is 7.33. The van der Waals surface area contributed by atoms with Gasteiger partial charge in [-0.1, -0.05) is 0 Å². The highest BCUT2D eigenvalue weighted by molar-refractivity contribution is 7.09. The molecule has 3 rings (SSSR count). The number of carbonyl (C=O) groups is 3. The topological polar surface area (TPSA) is 144 Å². The molecule has 11 nitrogen and oxygen atoms in total. The summed E-state index contributed by atoms with van der Waals surface area (Å²) in [4.78, 5) is 38.4. The molecule has 0 radical (unpaired) electrons. The van der Waals surface area contributed by atoms with Crippen LogP contribution in [-0.2, 0) is 25.7 Å². The van der Waals surface area contributed by atoms with Gasteiger partial charge in [-0.05, 0) is 14.1 Å². The Morgan fingerprint density at radius 3 is 1.78 bits per heavy atom. The molecule has 0 bridgehead atoms. The van der Waals surface area contributed by atoms with Crippen molar-refractivity contribution in [3.05, 3.63) is 16.6 Å². The number of fused-ring (bicyclic) bond motifs is 1. The zero-order valence-corrected chi connectivity index (χ0v) is 22.1. The maximum Gasteiger partial charge on any atom is 0.490 e. The van der Waals surface area contributed by atoms with Gasteiger partial charge in [-0.25, -0.2) is 19.4 Å². The fourth-order valence-corrected chi connectivity index (χ4v) is 3.75. The number of morpholine rings is 1. The van der Waals surface area contributed by atoms with Crippen LogP contribution in [0.2, 0.25) is 0 Å².